The molecule has 18 heavy (non-hydrogen) atoms. The Hall–Kier alpha value is -1.65. The number of carbonyl (C=O) groups excluding carboxylic acids is 1. The van der Waals surface area contributed by atoms with Gasteiger partial charge in [-0.05, 0) is 30.2 Å². The van der Waals surface area contributed by atoms with Crippen LogP contribution in [0.25, 0.3) is 0 Å². The molecule has 1 heterocycles. The van der Waals surface area contributed by atoms with Crippen molar-refractivity contribution in [1.29, 1.82) is 0 Å². The Morgan fingerprint density at radius 3 is 2.39 bits per heavy atom. The highest BCUT2D eigenvalue weighted by atomic mass is 32.1. The Kier molecular flexibility index (Phi) is 4.12. The van der Waals surface area contributed by atoms with Gasteiger partial charge in [0.2, 0.25) is 0 Å². The Morgan fingerprint density at radius 1 is 1.17 bits per heavy atom. The van der Waals surface area contributed by atoms with Crippen molar-refractivity contribution in [3.8, 4) is 0 Å². The van der Waals surface area contributed by atoms with Gasteiger partial charge in [-0.25, -0.2) is 0 Å². The predicted octanol–water partition coefficient (Wildman–Crippen LogP) is 2.48. The van der Waals surface area contributed by atoms with Crippen molar-refractivity contribution in [2.24, 2.45) is 0 Å². The van der Waals surface area contributed by atoms with E-state index < -0.39 is 0 Å². The van der Waals surface area contributed by atoms with Crippen LogP contribution >= 0.6 is 11.3 Å². The third-order valence-electron chi connectivity index (χ3n) is 2.62. The maximum Gasteiger partial charge on any atom is 0.261 e. The van der Waals surface area contributed by atoms with Gasteiger partial charge in [0.15, 0.2) is 0 Å². The Labute approximate surface area is 110 Å². The lowest BCUT2D eigenvalue weighted by Crippen LogP contribution is -2.21. The molecule has 0 aliphatic carbocycles. The molecule has 1 amide bonds. The second kappa shape index (κ2) is 5.80. The van der Waals surface area contributed by atoms with Crippen molar-refractivity contribution in [2.75, 3.05) is 0 Å². The van der Waals surface area contributed by atoms with E-state index in [0.717, 1.165) is 20.9 Å². The van der Waals surface area contributed by atoms with Gasteiger partial charge in [-0.15, -0.1) is 11.3 Å². The first-order valence-electron chi connectivity index (χ1n) is 5.72. The maximum atomic E-state index is 11.8. The van der Waals surface area contributed by atoms with Crippen LogP contribution in [-0.2, 0) is 13.2 Å². The van der Waals surface area contributed by atoms with Gasteiger partial charge in [0, 0.05) is 11.4 Å². The molecule has 1 aromatic heterocycles. The molecule has 0 bridgehead atoms. The number of hydrogen-bond donors (Lipinski definition) is 2. The smallest absolute Gasteiger partial charge is 0.261 e. The summed E-state index contributed by atoms with van der Waals surface area (Å²) >= 11 is 1.49. The second-order valence-electron chi connectivity index (χ2n) is 4.07. The molecule has 0 aliphatic rings. The number of aliphatic hydroxyl groups excluding tert-OH is 1. The van der Waals surface area contributed by atoms with E-state index in [9.17, 15) is 4.79 Å². The molecule has 2 rings (SSSR count). The second-order valence-corrected chi connectivity index (χ2v) is 5.36. The van der Waals surface area contributed by atoms with E-state index >= 15 is 0 Å². The number of carbonyl (C=O) groups is 1. The fraction of sp³-hybridized carbons (Fsp3) is 0.214. The first kappa shape index (κ1) is 12.8. The molecule has 3 nitrogen and oxygen atoms in total. The number of hydrogen-bond acceptors (Lipinski definition) is 3. The minimum absolute atomic E-state index is 0.0423. The molecule has 0 radical (unpaired) electrons. The molecule has 0 unspecified atom stereocenters. The van der Waals surface area contributed by atoms with Crippen LogP contribution in [0, 0.1) is 6.92 Å². The standard InChI is InChI=1S/C14H15NO2S/c1-10-2-7-13(18-10)14(17)15-8-11-3-5-12(9-16)6-4-11/h2-7,16H,8-9H2,1H3,(H,15,17). The molecule has 4 heteroatoms. The van der Waals surface area contributed by atoms with Crippen LogP contribution in [0.2, 0.25) is 0 Å². The fourth-order valence-electron chi connectivity index (χ4n) is 1.59. The summed E-state index contributed by atoms with van der Waals surface area (Å²) in [5.41, 5.74) is 1.90. The van der Waals surface area contributed by atoms with Crippen molar-refractivity contribution in [3.63, 3.8) is 0 Å². The lowest BCUT2D eigenvalue weighted by atomic mass is 10.1. The molecular weight excluding hydrogens is 246 g/mol. The molecule has 1 aromatic carbocycles. The van der Waals surface area contributed by atoms with Gasteiger partial charge in [0.05, 0.1) is 11.5 Å². The van der Waals surface area contributed by atoms with Crippen molar-refractivity contribution >= 4 is 17.2 Å². The van der Waals surface area contributed by atoms with E-state index in [0.29, 0.717) is 6.54 Å². The topological polar surface area (TPSA) is 49.3 Å². The van der Waals surface area contributed by atoms with E-state index in [1.165, 1.54) is 11.3 Å². The maximum absolute atomic E-state index is 11.8. The number of rotatable bonds is 4. The first-order chi connectivity index (χ1) is 8.69. The quantitative estimate of drug-likeness (QED) is 0.888. The molecule has 0 saturated carbocycles. The summed E-state index contributed by atoms with van der Waals surface area (Å²) in [4.78, 5) is 13.7. The van der Waals surface area contributed by atoms with Gasteiger partial charge in [-0.2, -0.15) is 0 Å². The summed E-state index contributed by atoms with van der Waals surface area (Å²) in [6.07, 6.45) is 0. The summed E-state index contributed by atoms with van der Waals surface area (Å²) in [6, 6.07) is 11.3. The summed E-state index contributed by atoms with van der Waals surface area (Å²) < 4.78 is 0. The zero-order valence-electron chi connectivity index (χ0n) is 10.1. The van der Waals surface area contributed by atoms with Crippen molar-refractivity contribution in [2.45, 2.75) is 20.1 Å². The molecule has 0 fully saturated rings. The zero-order chi connectivity index (χ0) is 13.0. The predicted molar refractivity (Wildman–Crippen MR) is 72.6 cm³/mol. The highest BCUT2D eigenvalue weighted by molar-refractivity contribution is 7.13. The van der Waals surface area contributed by atoms with Crippen molar-refractivity contribution < 1.29 is 9.90 Å². The summed E-state index contributed by atoms with van der Waals surface area (Å²) in [5.74, 6) is -0.0423. The van der Waals surface area contributed by atoms with E-state index in [4.69, 9.17) is 5.11 Å². The third kappa shape index (κ3) is 3.18. The zero-order valence-corrected chi connectivity index (χ0v) is 11.0. The Bertz CT molecular complexity index is 531. The highest BCUT2D eigenvalue weighted by Crippen LogP contribution is 2.14. The molecule has 2 aromatic rings. The monoisotopic (exact) mass is 261 g/mol. The van der Waals surface area contributed by atoms with Crippen LogP contribution in [0.1, 0.15) is 25.7 Å². The van der Waals surface area contributed by atoms with Gasteiger partial charge >= 0.3 is 0 Å². The minimum Gasteiger partial charge on any atom is -0.392 e. The van der Waals surface area contributed by atoms with Gasteiger partial charge in [-0.3, -0.25) is 4.79 Å². The van der Waals surface area contributed by atoms with Gasteiger partial charge < -0.3 is 10.4 Å². The van der Waals surface area contributed by atoms with Gasteiger partial charge in [0.1, 0.15) is 0 Å². The van der Waals surface area contributed by atoms with Crippen molar-refractivity contribution in [3.05, 3.63) is 57.3 Å². The van der Waals surface area contributed by atoms with E-state index in [2.05, 4.69) is 5.32 Å². The van der Waals surface area contributed by atoms with Crippen molar-refractivity contribution in [1.82, 2.24) is 5.32 Å². The number of thiophene rings is 1. The SMILES string of the molecule is Cc1ccc(C(=O)NCc2ccc(CO)cc2)s1. The van der Waals surface area contributed by atoms with Crippen LogP contribution in [0.5, 0.6) is 0 Å². The molecule has 0 aliphatic heterocycles. The van der Waals surface area contributed by atoms with Crippen LogP contribution in [0.15, 0.2) is 36.4 Å². The number of nitrogens with one attached hydrogen (secondary N) is 1. The molecule has 2 N–H and O–H groups in total. The van der Waals surface area contributed by atoms with E-state index in [1.807, 2.05) is 43.3 Å². The Morgan fingerprint density at radius 2 is 1.83 bits per heavy atom. The van der Waals surface area contributed by atoms with Crippen LogP contribution in [-0.4, -0.2) is 11.0 Å². The molecule has 0 atom stereocenters. The molecule has 0 spiro atoms. The Balaban J connectivity index is 1.92. The summed E-state index contributed by atoms with van der Waals surface area (Å²) in [7, 11) is 0. The number of benzene rings is 1. The average Bonchev–Trinajstić information content (AvgIpc) is 2.83. The minimum atomic E-state index is -0.0423. The fourth-order valence-corrected chi connectivity index (χ4v) is 2.37. The number of aryl methyl sites for hydroxylation is 1. The summed E-state index contributed by atoms with van der Waals surface area (Å²) in [6.45, 7) is 2.53. The average molecular weight is 261 g/mol. The first-order valence-corrected chi connectivity index (χ1v) is 6.54. The molecular formula is C14H15NO2S. The summed E-state index contributed by atoms with van der Waals surface area (Å²) in [5, 5.41) is 11.8. The largest absolute Gasteiger partial charge is 0.392 e. The molecule has 0 saturated heterocycles. The van der Waals surface area contributed by atoms with Gasteiger partial charge in [0.25, 0.3) is 5.91 Å². The van der Waals surface area contributed by atoms with Crippen LogP contribution < -0.4 is 5.32 Å². The highest BCUT2D eigenvalue weighted by Gasteiger charge is 2.07. The number of amides is 1. The lowest BCUT2D eigenvalue weighted by Gasteiger charge is -2.04. The van der Waals surface area contributed by atoms with Gasteiger partial charge in [-0.1, -0.05) is 24.3 Å². The molecule has 94 valence electrons. The third-order valence-corrected chi connectivity index (χ3v) is 3.62. The van der Waals surface area contributed by atoms with Crippen LogP contribution in [0.3, 0.4) is 0 Å². The number of aliphatic hydroxyl groups is 1. The van der Waals surface area contributed by atoms with Crippen LogP contribution in [0.4, 0.5) is 0 Å². The lowest BCUT2D eigenvalue weighted by molar-refractivity contribution is 0.0955. The van der Waals surface area contributed by atoms with E-state index in [1.54, 1.807) is 0 Å². The van der Waals surface area contributed by atoms with E-state index in [-0.39, 0.29) is 12.5 Å². The normalized spacial score (nSPS) is 10.3.